The molecule has 1 N–H and O–H groups in total. The van der Waals surface area contributed by atoms with Gasteiger partial charge in [0, 0.05) is 26.9 Å². The van der Waals surface area contributed by atoms with Crippen molar-refractivity contribution in [3.8, 4) is 0 Å². The fourth-order valence-electron chi connectivity index (χ4n) is 4.66. The van der Waals surface area contributed by atoms with Crippen molar-refractivity contribution in [1.29, 1.82) is 0 Å². The van der Waals surface area contributed by atoms with E-state index >= 15 is 0 Å². The molecular formula is C28H38AmN3O2-. The zero-order valence-corrected chi connectivity index (χ0v) is 24.0. The van der Waals surface area contributed by atoms with Crippen LogP contribution in [0.5, 0.6) is 0 Å². The van der Waals surface area contributed by atoms with E-state index in [1.807, 2.05) is 49.4 Å². The molecule has 3 rings (SSSR count). The van der Waals surface area contributed by atoms with E-state index < -0.39 is 11.5 Å². The third kappa shape index (κ3) is 6.89. The molecule has 5 nitrogen and oxygen atoms in total. The van der Waals surface area contributed by atoms with Crippen molar-refractivity contribution < 1.29 is 23.8 Å². The molecule has 2 unspecified atom stereocenters. The minimum Gasteiger partial charge on any atom is -0.659 e. The van der Waals surface area contributed by atoms with Crippen LogP contribution in [0.3, 0.4) is 0 Å². The number of hydrogen-bond acceptors (Lipinski definition) is 3. The Labute approximate surface area is 213 Å². The van der Waals surface area contributed by atoms with E-state index in [-0.39, 0.29) is 20.3 Å². The van der Waals surface area contributed by atoms with Gasteiger partial charge < -0.3 is 20.3 Å². The maximum atomic E-state index is 12.9. The van der Waals surface area contributed by atoms with Gasteiger partial charge in [-0.2, -0.15) is 0 Å². The van der Waals surface area contributed by atoms with Crippen LogP contribution < -0.4 is 5.32 Å². The standard InChI is InChI=1S/C28H38N3O2.Am/c1-5-26(33-27(32)30-20-18-25-17-12-19-29-25)28(21-22(2)31(3)4,23-13-8-6-9-14-23)24-15-10-7-11-16-24;/h5-11,13-16,22,25H,12,17-21H2,1-4H3,(H,30,32);/q-1;/b26-5-;. The topological polar surface area (TPSA) is 55.7 Å². The third-order valence-electron chi connectivity index (χ3n) is 6.73. The van der Waals surface area contributed by atoms with Crippen molar-refractivity contribution in [2.45, 2.75) is 57.0 Å². The van der Waals surface area contributed by atoms with E-state index in [2.05, 4.69) is 60.8 Å². The minimum atomic E-state index is -0.598. The maximum absolute atomic E-state index is 12.9. The number of amides is 1. The third-order valence-corrected chi connectivity index (χ3v) is 6.73. The molecule has 2 aromatic rings. The Morgan fingerprint density at radius 3 is 2.21 bits per heavy atom. The first kappa shape index (κ1) is 28.0. The smallest absolute Gasteiger partial charge is 0.412 e. The Morgan fingerprint density at radius 1 is 1.15 bits per heavy atom. The fourth-order valence-corrected chi connectivity index (χ4v) is 4.66. The summed E-state index contributed by atoms with van der Waals surface area (Å²) in [7, 11) is 4.17. The fraction of sp³-hybridized carbons (Fsp3) is 0.464. The van der Waals surface area contributed by atoms with Crippen molar-refractivity contribution in [3.05, 3.63) is 88.9 Å². The van der Waals surface area contributed by atoms with Crippen molar-refractivity contribution in [3.63, 3.8) is 0 Å². The Hall–Kier alpha value is -2.24. The zero-order chi connectivity index (χ0) is 23.7. The van der Waals surface area contributed by atoms with Gasteiger partial charge in [0.15, 0.2) is 0 Å². The molecule has 1 heterocycles. The van der Waals surface area contributed by atoms with Crippen LogP contribution in [-0.2, 0) is 10.2 Å². The summed E-state index contributed by atoms with van der Waals surface area (Å²) in [5.74, 6) is 0.650. The molecule has 1 radical (unpaired) electrons. The van der Waals surface area contributed by atoms with Crippen molar-refractivity contribution in [2.75, 3.05) is 27.2 Å². The van der Waals surface area contributed by atoms with Crippen molar-refractivity contribution in [1.82, 2.24) is 10.2 Å². The van der Waals surface area contributed by atoms with Gasteiger partial charge >= 0.3 is 6.09 Å². The summed E-state index contributed by atoms with van der Waals surface area (Å²) < 4.78 is 6.08. The van der Waals surface area contributed by atoms with E-state index in [0.29, 0.717) is 18.3 Å². The normalized spacial score (nSPS) is 17.2. The van der Waals surface area contributed by atoms with Gasteiger partial charge in [0.2, 0.25) is 0 Å². The summed E-state index contributed by atoms with van der Waals surface area (Å²) in [6.45, 7) is 5.67. The second-order valence-electron chi connectivity index (χ2n) is 9.11. The largest absolute Gasteiger partial charge is 0.659 e. The Bertz CT molecular complexity index is 857. The number of ether oxygens (including phenoxy) is 1. The minimum absolute atomic E-state index is 0. The van der Waals surface area contributed by atoms with Crippen LogP contribution in [0.4, 0.5) is 4.79 Å². The van der Waals surface area contributed by atoms with Crippen molar-refractivity contribution in [2.24, 2.45) is 0 Å². The van der Waals surface area contributed by atoms with E-state index in [0.717, 1.165) is 43.4 Å². The molecule has 34 heavy (non-hydrogen) atoms. The average Bonchev–Trinajstić information content (AvgIpc) is 3.35. The van der Waals surface area contributed by atoms with Gasteiger partial charge in [-0.1, -0.05) is 79.9 Å². The molecule has 0 saturated carbocycles. The van der Waals surface area contributed by atoms with Crippen LogP contribution in [0.2, 0.25) is 0 Å². The van der Waals surface area contributed by atoms with E-state index in [1.54, 1.807) is 0 Å². The predicted molar refractivity (Wildman–Crippen MR) is 136 cm³/mol. The molecule has 185 valence electrons. The van der Waals surface area contributed by atoms with E-state index in [1.165, 1.54) is 0 Å². The van der Waals surface area contributed by atoms with Gasteiger partial charge in [-0.3, -0.25) is 0 Å². The molecule has 0 aliphatic carbocycles. The molecular weight excluding hydrogens is 653 g/mol. The summed E-state index contributed by atoms with van der Waals surface area (Å²) in [6, 6.07) is 21.3. The van der Waals surface area contributed by atoms with Crippen LogP contribution in [0.15, 0.2) is 72.5 Å². The van der Waals surface area contributed by atoms with Crippen LogP contribution >= 0.6 is 0 Å². The molecule has 6 heteroatoms. The zero-order valence-electron chi connectivity index (χ0n) is 20.8. The van der Waals surface area contributed by atoms with Crippen LogP contribution in [0, 0.1) is 14.3 Å². The molecule has 0 spiro atoms. The van der Waals surface area contributed by atoms with Crippen molar-refractivity contribution >= 4 is 6.09 Å². The molecule has 1 aliphatic heterocycles. The maximum Gasteiger partial charge on any atom is 0.412 e. The molecule has 1 aliphatic rings. The summed E-state index contributed by atoms with van der Waals surface area (Å²) in [5.41, 5.74) is 1.62. The monoisotopic (exact) mass is 689 g/mol. The molecule has 1 saturated heterocycles. The number of rotatable bonds is 10. The van der Waals surface area contributed by atoms with Gasteiger partial charge in [-0.15, -0.1) is 12.6 Å². The summed E-state index contributed by atoms with van der Waals surface area (Å²) in [5, 5.41) is 7.52. The van der Waals surface area contributed by atoms with Crippen LogP contribution in [0.1, 0.15) is 50.7 Å². The van der Waals surface area contributed by atoms with Crippen LogP contribution in [0.25, 0.3) is 5.32 Å². The molecule has 1 amide bonds. The molecule has 0 bridgehead atoms. The summed E-state index contributed by atoms with van der Waals surface area (Å²) in [6.07, 6.45) is 5.43. The van der Waals surface area contributed by atoms with Gasteiger partial charge in [0.1, 0.15) is 5.76 Å². The predicted octanol–water partition coefficient (Wildman–Crippen LogP) is 5.87. The first-order valence-corrected chi connectivity index (χ1v) is 12.0. The van der Waals surface area contributed by atoms with E-state index in [4.69, 9.17) is 4.74 Å². The second-order valence-corrected chi connectivity index (χ2v) is 9.11. The summed E-state index contributed by atoms with van der Waals surface area (Å²) in [4.78, 5) is 15.1. The first-order valence-electron chi connectivity index (χ1n) is 12.0. The molecule has 0 aromatic heterocycles. The number of carbonyl (C=O) groups excluding carboxylic acids is 1. The van der Waals surface area contributed by atoms with E-state index in [9.17, 15) is 4.79 Å². The van der Waals surface area contributed by atoms with Gasteiger partial charge in [0.05, 0.1) is 5.41 Å². The summed E-state index contributed by atoms with van der Waals surface area (Å²) >= 11 is 0. The SMILES string of the molecule is C/C=C(\OC(=O)NCCC1CCC[N-]1)C(CC(C)N(C)C)(c1ccccc1)c1ccccc1.[Am]. The average molecular weight is 692 g/mol. The number of nitrogens with one attached hydrogen (secondary N) is 1. The van der Waals surface area contributed by atoms with Gasteiger partial charge in [0.25, 0.3) is 0 Å². The Balaban J connectivity index is 0.00000408. The first-order chi connectivity index (χ1) is 16.0. The number of carbonyl (C=O) groups is 1. The molecule has 2 atom stereocenters. The Morgan fingerprint density at radius 2 is 1.74 bits per heavy atom. The molecule has 1 fully saturated rings. The number of allylic oxidation sites excluding steroid dienone is 2. The quantitative estimate of drug-likeness (QED) is 0.318. The number of benzene rings is 2. The van der Waals surface area contributed by atoms with Gasteiger partial charge in [-0.25, -0.2) is 4.79 Å². The molecule has 2 aromatic carbocycles. The second kappa shape index (κ2) is 13.6. The van der Waals surface area contributed by atoms with Crippen LogP contribution in [-0.4, -0.2) is 50.3 Å². The number of nitrogens with zero attached hydrogens (tertiary/aromatic N) is 2. The Kier molecular flexibility index (Phi) is 11.2. The number of hydrogen-bond donors (Lipinski definition) is 1. The van der Waals surface area contributed by atoms with Gasteiger partial charge in [-0.05, 0) is 51.6 Å². The number of alkyl carbamates (subject to hydrolysis) is 1.